The summed E-state index contributed by atoms with van der Waals surface area (Å²) in [6.07, 6.45) is 0.175. The van der Waals surface area contributed by atoms with Crippen molar-refractivity contribution in [3.8, 4) is 5.75 Å². The molecule has 2 amide bonds. The molecular formula is C34H34Cl3N3O5S. The van der Waals surface area contributed by atoms with Gasteiger partial charge in [-0.15, -0.1) is 0 Å². The molecule has 0 spiro atoms. The third-order valence-electron chi connectivity index (χ3n) is 7.06. The first-order valence-electron chi connectivity index (χ1n) is 14.4. The van der Waals surface area contributed by atoms with E-state index in [9.17, 15) is 18.0 Å². The lowest BCUT2D eigenvalue weighted by Crippen LogP contribution is -2.54. The van der Waals surface area contributed by atoms with Crippen LogP contribution in [0.1, 0.15) is 25.0 Å². The number of carbonyl (C=O) groups excluding carboxylic acids is 2. The average Bonchev–Trinajstić information content (AvgIpc) is 3.03. The number of methoxy groups -OCH3 is 1. The molecule has 0 bridgehead atoms. The summed E-state index contributed by atoms with van der Waals surface area (Å²) in [5.41, 5.74) is 1.60. The highest BCUT2D eigenvalue weighted by molar-refractivity contribution is 7.92. The van der Waals surface area contributed by atoms with Crippen LogP contribution < -0.4 is 14.4 Å². The normalized spacial score (nSPS) is 12.0. The van der Waals surface area contributed by atoms with Gasteiger partial charge < -0.3 is 15.0 Å². The number of sulfonamides is 1. The van der Waals surface area contributed by atoms with E-state index in [1.54, 1.807) is 36.4 Å². The molecule has 1 N–H and O–H groups in total. The quantitative estimate of drug-likeness (QED) is 0.162. The molecule has 0 aromatic heterocycles. The van der Waals surface area contributed by atoms with Crippen LogP contribution in [0.3, 0.4) is 0 Å². The highest BCUT2D eigenvalue weighted by Crippen LogP contribution is 2.29. The van der Waals surface area contributed by atoms with Gasteiger partial charge in [-0.3, -0.25) is 13.9 Å². The summed E-state index contributed by atoms with van der Waals surface area (Å²) in [7, 11) is -2.82. The molecule has 4 rings (SSSR count). The fraction of sp³-hybridized carbons (Fsp3) is 0.235. The van der Waals surface area contributed by atoms with Crippen molar-refractivity contribution in [2.45, 2.75) is 43.8 Å². The van der Waals surface area contributed by atoms with Gasteiger partial charge in [0, 0.05) is 24.0 Å². The maximum Gasteiger partial charge on any atom is 0.264 e. The first-order chi connectivity index (χ1) is 21.9. The molecule has 0 radical (unpaired) electrons. The summed E-state index contributed by atoms with van der Waals surface area (Å²) < 4.78 is 34.5. The van der Waals surface area contributed by atoms with Gasteiger partial charge in [-0.25, -0.2) is 8.42 Å². The van der Waals surface area contributed by atoms with Crippen LogP contribution in [0, 0.1) is 0 Å². The number of hydrogen-bond donors (Lipinski definition) is 1. The van der Waals surface area contributed by atoms with Gasteiger partial charge >= 0.3 is 0 Å². The highest BCUT2D eigenvalue weighted by atomic mass is 35.5. The van der Waals surface area contributed by atoms with Gasteiger partial charge in [-0.1, -0.05) is 77.3 Å². The molecule has 8 nitrogen and oxygen atoms in total. The summed E-state index contributed by atoms with van der Waals surface area (Å²) >= 11 is 18.8. The molecule has 0 fully saturated rings. The molecule has 242 valence electrons. The fourth-order valence-electron chi connectivity index (χ4n) is 4.80. The molecular weight excluding hydrogens is 669 g/mol. The Balaban J connectivity index is 1.82. The third kappa shape index (κ3) is 8.94. The fourth-order valence-corrected chi connectivity index (χ4v) is 6.72. The molecule has 12 heteroatoms. The average molecular weight is 703 g/mol. The van der Waals surface area contributed by atoms with Crippen LogP contribution in [-0.2, 0) is 32.6 Å². The Morgan fingerprint density at radius 1 is 0.826 bits per heavy atom. The number of amides is 2. The standard InChI is InChI=1S/C34H34Cl3N3O5S/c1-23(2)38-34(42)32(19-24-8-5-4-6-9-24)39(21-25-12-17-30(36)31(37)18-25)33(41)22-40(27-11-7-10-26(35)20-27)46(43,44)29-15-13-28(45-3)14-16-29/h4-18,20,23,32H,19,21-22H2,1-3H3,(H,38,42). The number of hydrogen-bond acceptors (Lipinski definition) is 5. The minimum absolute atomic E-state index is 0.0509. The first-order valence-corrected chi connectivity index (χ1v) is 17.0. The van der Waals surface area contributed by atoms with E-state index in [-0.39, 0.29) is 45.5 Å². The van der Waals surface area contributed by atoms with Gasteiger partial charge in [-0.2, -0.15) is 0 Å². The second-order valence-electron chi connectivity index (χ2n) is 10.8. The number of nitrogens with zero attached hydrogens (tertiary/aromatic N) is 2. The summed E-state index contributed by atoms with van der Waals surface area (Å²) in [6, 6.07) is 25.1. The Morgan fingerprint density at radius 2 is 1.52 bits per heavy atom. The van der Waals surface area contributed by atoms with E-state index < -0.39 is 28.5 Å². The van der Waals surface area contributed by atoms with Crippen LogP contribution in [0.2, 0.25) is 15.1 Å². The molecule has 4 aromatic carbocycles. The number of nitrogens with one attached hydrogen (secondary N) is 1. The van der Waals surface area contributed by atoms with E-state index in [0.717, 1.165) is 9.87 Å². The van der Waals surface area contributed by atoms with Gasteiger partial charge in [0.15, 0.2) is 0 Å². The molecule has 0 saturated carbocycles. The zero-order valence-electron chi connectivity index (χ0n) is 25.5. The molecule has 1 atom stereocenters. The van der Waals surface area contributed by atoms with E-state index >= 15 is 0 Å². The summed E-state index contributed by atoms with van der Waals surface area (Å²) in [5, 5.41) is 3.82. The third-order valence-corrected chi connectivity index (χ3v) is 9.82. The van der Waals surface area contributed by atoms with Crippen molar-refractivity contribution in [2.75, 3.05) is 18.0 Å². The largest absolute Gasteiger partial charge is 0.497 e. The van der Waals surface area contributed by atoms with Crippen molar-refractivity contribution in [1.82, 2.24) is 10.2 Å². The maximum absolute atomic E-state index is 14.5. The number of ether oxygens (including phenoxy) is 1. The van der Waals surface area contributed by atoms with Crippen LogP contribution in [0.5, 0.6) is 5.75 Å². The zero-order chi connectivity index (χ0) is 33.4. The number of carbonyl (C=O) groups is 2. The molecule has 0 saturated heterocycles. The van der Waals surface area contributed by atoms with Crippen molar-refractivity contribution in [1.29, 1.82) is 0 Å². The first kappa shape index (κ1) is 35.1. The Hall–Kier alpha value is -3.76. The predicted octanol–water partition coefficient (Wildman–Crippen LogP) is 7.02. The lowest BCUT2D eigenvalue weighted by Gasteiger charge is -2.34. The second kappa shape index (κ2) is 15.7. The van der Waals surface area contributed by atoms with Crippen molar-refractivity contribution in [3.63, 3.8) is 0 Å². The van der Waals surface area contributed by atoms with Gasteiger partial charge in [0.1, 0.15) is 18.3 Å². The monoisotopic (exact) mass is 701 g/mol. The number of anilines is 1. The van der Waals surface area contributed by atoms with Crippen LogP contribution in [-0.4, -0.2) is 50.9 Å². The van der Waals surface area contributed by atoms with Crippen LogP contribution in [0.4, 0.5) is 5.69 Å². The Morgan fingerprint density at radius 3 is 2.13 bits per heavy atom. The predicted molar refractivity (Wildman–Crippen MR) is 183 cm³/mol. The Labute approximate surface area is 284 Å². The van der Waals surface area contributed by atoms with E-state index in [1.807, 2.05) is 44.2 Å². The minimum Gasteiger partial charge on any atom is -0.497 e. The van der Waals surface area contributed by atoms with E-state index in [0.29, 0.717) is 16.3 Å². The number of rotatable bonds is 13. The van der Waals surface area contributed by atoms with Gasteiger partial charge in [0.25, 0.3) is 10.0 Å². The molecule has 0 aliphatic rings. The topological polar surface area (TPSA) is 96.0 Å². The van der Waals surface area contributed by atoms with Crippen LogP contribution in [0.15, 0.2) is 102 Å². The van der Waals surface area contributed by atoms with Crippen LogP contribution in [0.25, 0.3) is 0 Å². The molecule has 0 heterocycles. The Bertz CT molecular complexity index is 1770. The summed E-state index contributed by atoms with van der Waals surface area (Å²) in [4.78, 5) is 29.6. The number of halogens is 3. The van der Waals surface area contributed by atoms with Crippen molar-refractivity contribution in [3.05, 3.63) is 123 Å². The van der Waals surface area contributed by atoms with Gasteiger partial charge in [-0.05, 0) is 79.6 Å². The molecule has 0 aliphatic carbocycles. The van der Waals surface area contributed by atoms with E-state index in [2.05, 4.69) is 5.32 Å². The van der Waals surface area contributed by atoms with Crippen molar-refractivity contribution >= 4 is 62.3 Å². The second-order valence-corrected chi connectivity index (χ2v) is 13.9. The molecule has 46 heavy (non-hydrogen) atoms. The van der Waals surface area contributed by atoms with Crippen molar-refractivity contribution in [2.24, 2.45) is 0 Å². The van der Waals surface area contributed by atoms with E-state index in [4.69, 9.17) is 39.5 Å². The highest BCUT2D eigenvalue weighted by Gasteiger charge is 2.35. The Kier molecular flexibility index (Phi) is 12.0. The molecule has 1 unspecified atom stereocenters. The SMILES string of the molecule is COc1ccc(S(=O)(=O)N(CC(=O)N(Cc2ccc(Cl)c(Cl)c2)C(Cc2ccccc2)C(=O)NC(C)C)c2cccc(Cl)c2)cc1. The lowest BCUT2D eigenvalue weighted by atomic mass is 10.0. The smallest absolute Gasteiger partial charge is 0.264 e. The van der Waals surface area contributed by atoms with E-state index in [1.165, 1.54) is 42.3 Å². The zero-order valence-corrected chi connectivity index (χ0v) is 28.6. The van der Waals surface area contributed by atoms with Gasteiger partial charge in [0.05, 0.1) is 27.7 Å². The van der Waals surface area contributed by atoms with Gasteiger partial charge in [0.2, 0.25) is 11.8 Å². The molecule has 4 aromatic rings. The van der Waals surface area contributed by atoms with Crippen molar-refractivity contribution < 1.29 is 22.7 Å². The molecule has 0 aliphatic heterocycles. The van der Waals surface area contributed by atoms with Crippen LogP contribution >= 0.6 is 34.8 Å². The summed E-state index contributed by atoms with van der Waals surface area (Å²) in [6.45, 7) is 2.97. The number of benzene rings is 4. The summed E-state index contributed by atoms with van der Waals surface area (Å²) in [5.74, 6) is -0.542. The minimum atomic E-state index is -4.30. The lowest BCUT2D eigenvalue weighted by molar-refractivity contribution is -0.140. The maximum atomic E-state index is 14.5.